The number of unbranched alkanes of at least 4 members (excludes halogenated alkanes) is 15. The lowest BCUT2D eigenvalue weighted by atomic mass is 10.0. The summed E-state index contributed by atoms with van der Waals surface area (Å²) in [4.78, 5) is 22.3. The van der Waals surface area contributed by atoms with Gasteiger partial charge in [-0.25, -0.2) is 0 Å². The number of ether oxygens (including phenoxy) is 2. The third-order valence-electron chi connectivity index (χ3n) is 6.29. The molecule has 0 saturated heterocycles. The summed E-state index contributed by atoms with van der Waals surface area (Å²) in [5.74, 6) is 0. The summed E-state index contributed by atoms with van der Waals surface area (Å²) in [5, 5.41) is 0. The molecule has 35 heavy (non-hydrogen) atoms. The zero-order valence-electron chi connectivity index (χ0n) is 24.0. The first kappa shape index (κ1) is 35.2. The van der Waals surface area contributed by atoms with Gasteiger partial charge in [0, 0.05) is 7.11 Å². The Kier molecular flexibility index (Phi) is 22.3. The molecule has 0 aliphatic rings. The molecule has 0 bridgehead atoms. The Labute approximate surface area is 218 Å². The van der Waals surface area contributed by atoms with E-state index in [-0.39, 0.29) is 6.61 Å². The number of phosphoric ester groups is 1. The monoisotopic (exact) mass is 524 g/mol. The van der Waals surface area contributed by atoms with Gasteiger partial charge in [-0.1, -0.05) is 103 Å². The van der Waals surface area contributed by atoms with E-state index >= 15 is 0 Å². The average Bonchev–Trinajstić information content (AvgIpc) is 2.78. The Bertz CT molecular complexity index is 461. The Balaban J connectivity index is 3.75. The van der Waals surface area contributed by atoms with Gasteiger partial charge in [0.1, 0.15) is 19.3 Å². The van der Waals surface area contributed by atoms with Crippen LogP contribution in [0.1, 0.15) is 117 Å². The third kappa shape index (κ3) is 24.3. The standard InChI is InChI=1S/C27H58NO6P/c1-7-8-9-10-11-12-13-14-15-16-17-18-19-20-21-22-24-32-27(26(2)31-6)34-35(29,30)33-25-23-28(3,4)5/h26-27H,7-25H2,1-6H3/p+1. The maximum absolute atomic E-state index is 12.3. The van der Waals surface area contributed by atoms with Gasteiger partial charge in [0.25, 0.3) is 0 Å². The Morgan fingerprint density at radius 3 is 1.57 bits per heavy atom. The zero-order chi connectivity index (χ0) is 26.4. The molecule has 0 aliphatic carbocycles. The number of likely N-dealkylation sites (N-methyl/N-ethyl adjacent to an activating group) is 1. The topological polar surface area (TPSA) is 80.2 Å². The molecule has 0 aromatic rings. The second-order valence-corrected chi connectivity index (χ2v) is 12.3. The first-order chi connectivity index (χ1) is 16.6. The number of methoxy groups -OCH3 is 1. The number of phosphoric acid groups is 1. The minimum Gasteiger partial charge on any atom is -0.606 e. The fourth-order valence-electron chi connectivity index (χ4n) is 3.80. The fourth-order valence-corrected chi connectivity index (χ4v) is 4.67. The second-order valence-electron chi connectivity index (χ2n) is 10.9. The van der Waals surface area contributed by atoms with Crippen LogP contribution in [0.4, 0.5) is 0 Å². The summed E-state index contributed by atoms with van der Waals surface area (Å²) in [6.45, 7) is 5.22. The first-order valence-corrected chi connectivity index (χ1v) is 15.7. The molecule has 0 amide bonds. The molecule has 3 unspecified atom stereocenters. The van der Waals surface area contributed by atoms with Crippen LogP contribution in [0.2, 0.25) is 0 Å². The first-order valence-electron chi connectivity index (χ1n) is 14.2. The lowest BCUT2D eigenvalue weighted by molar-refractivity contribution is -0.870. The van der Waals surface area contributed by atoms with E-state index in [0.29, 0.717) is 17.6 Å². The van der Waals surface area contributed by atoms with E-state index in [2.05, 4.69) is 6.92 Å². The molecule has 3 atom stereocenters. The normalized spacial score (nSPS) is 15.8. The zero-order valence-corrected chi connectivity index (χ0v) is 24.9. The number of quaternary nitrogens is 1. The predicted octanol–water partition coefficient (Wildman–Crippen LogP) is 6.40. The molecule has 1 N–H and O–H groups in total. The van der Waals surface area contributed by atoms with Crippen molar-refractivity contribution in [3.8, 4) is 0 Å². The molecular formula is C27H59NO6P+. The van der Waals surface area contributed by atoms with Crippen molar-refractivity contribution in [1.82, 2.24) is 0 Å². The van der Waals surface area contributed by atoms with E-state index < -0.39 is 20.6 Å². The SMILES string of the molecule is CCCCCCCCCCCCCCCCCCOC(O[P+]([O-])(O)OCC[N+](C)(C)C)C(C)OC. The van der Waals surface area contributed by atoms with Gasteiger partial charge in [0.2, 0.25) is 6.29 Å². The van der Waals surface area contributed by atoms with Crippen LogP contribution in [0.5, 0.6) is 0 Å². The van der Waals surface area contributed by atoms with Crippen LogP contribution in [-0.2, 0) is 18.5 Å². The molecule has 0 rings (SSSR count). The van der Waals surface area contributed by atoms with E-state index in [0.717, 1.165) is 12.8 Å². The number of rotatable bonds is 26. The van der Waals surface area contributed by atoms with Gasteiger partial charge >= 0.3 is 8.17 Å². The molecule has 0 aromatic carbocycles. The van der Waals surface area contributed by atoms with E-state index in [1.165, 1.54) is 97.0 Å². The van der Waals surface area contributed by atoms with E-state index in [4.69, 9.17) is 18.5 Å². The Morgan fingerprint density at radius 1 is 0.743 bits per heavy atom. The highest BCUT2D eigenvalue weighted by atomic mass is 31.2. The minimum absolute atomic E-state index is 0.129. The van der Waals surface area contributed by atoms with Crippen LogP contribution in [0.15, 0.2) is 0 Å². The van der Waals surface area contributed by atoms with Gasteiger partial charge in [-0.3, -0.25) is 0 Å². The van der Waals surface area contributed by atoms with Crippen LogP contribution in [0.3, 0.4) is 0 Å². The van der Waals surface area contributed by atoms with Gasteiger partial charge < -0.3 is 18.9 Å². The van der Waals surface area contributed by atoms with Crippen LogP contribution in [0, 0.1) is 0 Å². The van der Waals surface area contributed by atoms with Crippen LogP contribution in [0.25, 0.3) is 0 Å². The van der Waals surface area contributed by atoms with Gasteiger partial charge in [-0.15, -0.1) is 4.52 Å². The highest BCUT2D eigenvalue weighted by Gasteiger charge is 2.36. The molecule has 0 aliphatic heterocycles. The Hall–Kier alpha value is 0.150. The molecular weight excluding hydrogens is 465 g/mol. The molecule has 0 spiro atoms. The quantitative estimate of drug-likeness (QED) is 0.0611. The van der Waals surface area contributed by atoms with Gasteiger partial charge in [0.15, 0.2) is 0 Å². The maximum atomic E-state index is 12.3. The van der Waals surface area contributed by atoms with Crippen molar-refractivity contribution in [3.05, 3.63) is 0 Å². The molecule has 7 nitrogen and oxygen atoms in total. The van der Waals surface area contributed by atoms with Crippen molar-refractivity contribution in [2.75, 3.05) is 48.0 Å². The lowest BCUT2D eigenvalue weighted by Crippen LogP contribution is -2.39. The van der Waals surface area contributed by atoms with E-state index in [1.807, 2.05) is 21.1 Å². The van der Waals surface area contributed by atoms with Crippen molar-refractivity contribution in [2.24, 2.45) is 0 Å². The summed E-state index contributed by atoms with van der Waals surface area (Å²) in [6.07, 6.45) is 19.6. The summed E-state index contributed by atoms with van der Waals surface area (Å²) >= 11 is 0. The van der Waals surface area contributed by atoms with Crippen molar-refractivity contribution in [3.63, 3.8) is 0 Å². The van der Waals surface area contributed by atoms with Crippen molar-refractivity contribution in [2.45, 2.75) is 129 Å². The van der Waals surface area contributed by atoms with Gasteiger partial charge in [-0.2, -0.15) is 9.42 Å². The second kappa shape index (κ2) is 22.2. The fraction of sp³-hybridized carbons (Fsp3) is 1.00. The van der Waals surface area contributed by atoms with Crippen molar-refractivity contribution in [1.29, 1.82) is 0 Å². The van der Waals surface area contributed by atoms with Gasteiger partial charge in [-0.05, 0) is 13.3 Å². The smallest absolute Gasteiger partial charge is 0.380 e. The summed E-state index contributed by atoms with van der Waals surface area (Å²) in [5.41, 5.74) is 0. The number of nitrogens with zero attached hydrogens (tertiary/aromatic N) is 1. The maximum Gasteiger partial charge on any atom is 0.380 e. The summed E-state index contributed by atoms with van der Waals surface area (Å²) < 4.78 is 22.0. The van der Waals surface area contributed by atoms with Crippen LogP contribution >= 0.6 is 8.17 Å². The van der Waals surface area contributed by atoms with Gasteiger partial charge in [0.05, 0.1) is 27.7 Å². The summed E-state index contributed by atoms with van der Waals surface area (Å²) in [7, 11) is 3.29. The van der Waals surface area contributed by atoms with E-state index in [1.54, 1.807) is 6.92 Å². The molecule has 8 heteroatoms. The minimum atomic E-state index is -4.21. The Morgan fingerprint density at radius 2 is 1.17 bits per heavy atom. The summed E-state index contributed by atoms with van der Waals surface area (Å²) in [6, 6.07) is 0. The largest absolute Gasteiger partial charge is 0.606 e. The number of hydrogen-bond donors (Lipinski definition) is 1. The van der Waals surface area contributed by atoms with Crippen LogP contribution < -0.4 is 4.89 Å². The van der Waals surface area contributed by atoms with E-state index in [9.17, 15) is 9.79 Å². The average molecular weight is 525 g/mol. The molecule has 0 radical (unpaired) electrons. The molecule has 0 heterocycles. The molecule has 0 aromatic heterocycles. The molecule has 212 valence electrons. The highest BCUT2D eigenvalue weighted by Crippen LogP contribution is 2.49. The molecule has 0 fully saturated rings. The van der Waals surface area contributed by atoms with Crippen molar-refractivity contribution < 1.29 is 32.8 Å². The van der Waals surface area contributed by atoms with Crippen LogP contribution in [-0.4, -0.2) is 69.8 Å². The predicted molar refractivity (Wildman–Crippen MR) is 145 cm³/mol. The van der Waals surface area contributed by atoms with Crippen molar-refractivity contribution >= 4 is 8.17 Å². The molecule has 0 saturated carbocycles. The number of hydrogen-bond acceptors (Lipinski definition) is 6. The third-order valence-corrected chi connectivity index (χ3v) is 7.27. The lowest BCUT2D eigenvalue weighted by Gasteiger charge is -2.29. The highest BCUT2D eigenvalue weighted by molar-refractivity contribution is 7.52.